The molecule has 7 heteroatoms. The van der Waals surface area contributed by atoms with Gasteiger partial charge in [0.1, 0.15) is 5.01 Å². The van der Waals surface area contributed by atoms with Crippen LogP contribution in [0.25, 0.3) is 121 Å². The molecule has 0 saturated carbocycles. The summed E-state index contributed by atoms with van der Waals surface area (Å²) in [6.45, 7) is 0. The average molecular weight is 849 g/mol. The van der Waals surface area contributed by atoms with Gasteiger partial charge in [-0.2, -0.15) is 9.97 Å². The van der Waals surface area contributed by atoms with Crippen LogP contribution in [0.3, 0.4) is 0 Å². The molecule has 0 aliphatic heterocycles. The van der Waals surface area contributed by atoms with Gasteiger partial charge in [0.05, 0.1) is 38.0 Å². The highest BCUT2D eigenvalue weighted by atomic mass is 32.1. The number of nitrogens with zero attached hydrogens (tertiary/aromatic N) is 6. The molecule has 4 heterocycles. The lowest BCUT2D eigenvalue weighted by Gasteiger charge is -2.14. The molecule has 0 aliphatic rings. The van der Waals surface area contributed by atoms with Crippen LogP contribution >= 0.6 is 11.3 Å². The van der Waals surface area contributed by atoms with Gasteiger partial charge in [0.15, 0.2) is 11.6 Å². The van der Waals surface area contributed by atoms with Gasteiger partial charge in [-0.15, -0.1) is 11.3 Å². The molecule has 0 bridgehead atoms. The lowest BCUT2D eigenvalue weighted by Crippen LogP contribution is -2.07. The molecule has 4 aromatic heterocycles. The zero-order valence-corrected chi connectivity index (χ0v) is 35.7. The largest absolute Gasteiger partial charge is 0.306 e. The molecule has 0 amide bonds. The molecule has 0 unspecified atom stereocenters. The fourth-order valence-electron chi connectivity index (χ4n) is 9.43. The van der Waals surface area contributed by atoms with E-state index in [-0.39, 0.29) is 0 Å². The van der Waals surface area contributed by atoms with Crippen LogP contribution < -0.4 is 0 Å². The summed E-state index contributed by atoms with van der Waals surface area (Å²) >= 11 is 1.73. The van der Waals surface area contributed by atoms with Gasteiger partial charge in [0.2, 0.25) is 5.95 Å². The lowest BCUT2D eigenvalue weighted by atomic mass is 10.0. The zero-order valence-electron chi connectivity index (χ0n) is 34.9. The standard InChI is InChI=1S/C58H36N6S/c1-4-17-37(18-5-1)40-23-14-25-42(35-40)55-60-56(43-26-15-24-41(36-43)38-19-6-2-7-20-38)62-58(61-55)64-50-31-13-11-28-45(50)47-34-33-46-44-27-10-12-30-49(44)63(52(46)53(47)64)51-32-16-29-48-54(51)65-57(59-48)39-21-8-3-9-22-39/h1-36H. The SMILES string of the molecule is c1ccc(-c2cccc(-c3nc(-c4cccc(-c5ccccc5)c4)nc(-n4c5ccccc5c5ccc6c7ccccc7n(-c7cccc8nc(-c9ccccc9)sc78)c6c54)n3)c2)cc1. The maximum absolute atomic E-state index is 5.46. The van der Waals surface area contributed by atoms with Crippen molar-refractivity contribution >= 4 is 65.2 Å². The van der Waals surface area contributed by atoms with E-state index >= 15 is 0 Å². The Labute approximate surface area is 378 Å². The summed E-state index contributed by atoms with van der Waals surface area (Å²) in [5, 5.41) is 5.52. The van der Waals surface area contributed by atoms with Crippen molar-refractivity contribution in [3.8, 4) is 67.2 Å². The van der Waals surface area contributed by atoms with E-state index in [0.717, 1.165) is 98.1 Å². The number of fused-ring (bicyclic) bond motifs is 8. The fraction of sp³-hybridized carbons (Fsp3) is 0. The van der Waals surface area contributed by atoms with Gasteiger partial charge in [0.25, 0.3) is 0 Å². The van der Waals surface area contributed by atoms with Crippen molar-refractivity contribution in [1.29, 1.82) is 0 Å². The van der Waals surface area contributed by atoms with E-state index < -0.39 is 0 Å². The highest BCUT2D eigenvalue weighted by Crippen LogP contribution is 2.44. The molecule has 0 spiro atoms. The first-order valence-electron chi connectivity index (χ1n) is 21.7. The van der Waals surface area contributed by atoms with Gasteiger partial charge >= 0.3 is 0 Å². The highest BCUT2D eigenvalue weighted by molar-refractivity contribution is 7.22. The first-order valence-corrected chi connectivity index (χ1v) is 22.5. The third kappa shape index (κ3) is 6.16. The van der Waals surface area contributed by atoms with Crippen LogP contribution in [0.15, 0.2) is 218 Å². The second-order valence-electron chi connectivity index (χ2n) is 16.2. The van der Waals surface area contributed by atoms with Gasteiger partial charge in [0, 0.05) is 38.2 Å². The number of rotatable bonds is 7. The van der Waals surface area contributed by atoms with Crippen molar-refractivity contribution in [2.45, 2.75) is 0 Å². The molecule has 0 saturated heterocycles. The number of thiazole rings is 1. The Balaban J connectivity index is 1.12. The summed E-state index contributed by atoms with van der Waals surface area (Å²) in [6.07, 6.45) is 0. The van der Waals surface area contributed by atoms with Crippen LogP contribution in [0.5, 0.6) is 0 Å². The number of hydrogen-bond acceptors (Lipinski definition) is 5. The van der Waals surface area contributed by atoms with Crippen molar-refractivity contribution < 1.29 is 0 Å². The molecular formula is C58H36N6S. The van der Waals surface area contributed by atoms with E-state index in [2.05, 4.69) is 209 Å². The minimum atomic E-state index is 0.540. The second-order valence-corrected chi connectivity index (χ2v) is 17.2. The molecule has 65 heavy (non-hydrogen) atoms. The van der Waals surface area contributed by atoms with E-state index in [1.165, 1.54) is 5.39 Å². The molecule has 0 fully saturated rings. The third-order valence-corrected chi connectivity index (χ3v) is 13.5. The Kier molecular flexibility index (Phi) is 8.60. The summed E-state index contributed by atoms with van der Waals surface area (Å²) in [4.78, 5) is 21.4. The molecular weight excluding hydrogens is 813 g/mol. The zero-order chi connectivity index (χ0) is 42.8. The van der Waals surface area contributed by atoms with Gasteiger partial charge in [-0.1, -0.05) is 182 Å². The maximum atomic E-state index is 5.46. The third-order valence-electron chi connectivity index (χ3n) is 12.4. The smallest absolute Gasteiger partial charge is 0.238 e. The number of para-hydroxylation sites is 2. The first-order chi connectivity index (χ1) is 32.2. The Bertz CT molecular complexity index is 3840. The Morgan fingerprint density at radius 2 is 0.785 bits per heavy atom. The maximum Gasteiger partial charge on any atom is 0.238 e. The van der Waals surface area contributed by atoms with Crippen LogP contribution in [0.2, 0.25) is 0 Å². The van der Waals surface area contributed by atoms with Gasteiger partial charge in [-0.25, -0.2) is 9.97 Å². The molecule has 9 aromatic carbocycles. The van der Waals surface area contributed by atoms with Crippen molar-refractivity contribution in [2.75, 3.05) is 0 Å². The minimum absolute atomic E-state index is 0.540. The lowest BCUT2D eigenvalue weighted by molar-refractivity contribution is 0.953. The Morgan fingerprint density at radius 3 is 1.37 bits per heavy atom. The van der Waals surface area contributed by atoms with Crippen molar-refractivity contribution in [3.05, 3.63) is 218 Å². The summed E-state index contributed by atoms with van der Waals surface area (Å²) < 4.78 is 5.82. The molecule has 6 nitrogen and oxygen atoms in total. The van der Waals surface area contributed by atoms with Crippen LogP contribution in [0, 0.1) is 0 Å². The van der Waals surface area contributed by atoms with Crippen LogP contribution in [-0.4, -0.2) is 29.1 Å². The molecule has 304 valence electrons. The molecule has 0 N–H and O–H groups in total. The van der Waals surface area contributed by atoms with Gasteiger partial charge in [-0.05, 0) is 58.7 Å². The summed E-state index contributed by atoms with van der Waals surface area (Å²) in [7, 11) is 0. The van der Waals surface area contributed by atoms with Gasteiger partial charge in [-0.3, -0.25) is 4.57 Å². The van der Waals surface area contributed by atoms with Crippen molar-refractivity contribution in [1.82, 2.24) is 29.1 Å². The highest BCUT2D eigenvalue weighted by Gasteiger charge is 2.25. The number of benzene rings is 9. The molecule has 13 aromatic rings. The molecule has 13 rings (SSSR count). The average Bonchev–Trinajstić information content (AvgIpc) is 4.08. The molecule has 0 atom stereocenters. The van der Waals surface area contributed by atoms with E-state index in [4.69, 9.17) is 19.9 Å². The van der Waals surface area contributed by atoms with E-state index in [0.29, 0.717) is 17.6 Å². The first kappa shape index (κ1) is 37.1. The van der Waals surface area contributed by atoms with Crippen LogP contribution in [-0.2, 0) is 0 Å². The summed E-state index contributed by atoms with van der Waals surface area (Å²) in [5.74, 6) is 1.72. The predicted octanol–water partition coefficient (Wildman–Crippen LogP) is 15.0. The van der Waals surface area contributed by atoms with Crippen molar-refractivity contribution in [3.63, 3.8) is 0 Å². The summed E-state index contributed by atoms with van der Waals surface area (Å²) in [5.41, 5.74) is 13.6. The fourth-order valence-corrected chi connectivity index (χ4v) is 10.5. The molecule has 0 radical (unpaired) electrons. The van der Waals surface area contributed by atoms with Crippen LogP contribution in [0.1, 0.15) is 0 Å². The van der Waals surface area contributed by atoms with E-state index in [9.17, 15) is 0 Å². The summed E-state index contributed by atoms with van der Waals surface area (Å²) in [6, 6.07) is 76.7. The van der Waals surface area contributed by atoms with E-state index in [1.807, 2.05) is 18.2 Å². The second kappa shape index (κ2) is 15.1. The van der Waals surface area contributed by atoms with E-state index in [1.54, 1.807) is 11.3 Å². The Hall–Kier alpha value is -8.52. The quantitative estimate of drug-likeness (QED) is 0.160. The monoisotopic (exact) mass is 848 g/mol. The number of hydrogen-bond donors (Lipinski definition) is 0. The minimum Gasteiger partial charge on any atom is -0.306 e. The van der Waals surface area contributed by atoms with Crippen molar-refractivity contribution in [2.24, 2.45) is 0 Å². The normalized spacial score (nSPS) is 11.7. The van der Waals surface area contributed by atoms with Crippen LogP contribution in [0.4, 0.5) is 0 Å². The Morgan fingerprint density at radius 1 is 0.323 bits per heavy atom. The molecule has 0 aliphatic carbocycles. The topological polar surface area (TPSA) is 61.4 Å². The predicted molar refractivity (Wildman–Crippen MR) is 269 cm³/mol. The number of aromatic nitrogens is 6. The van der Waals surface area contributed by atoms with Gasteiger partial charge < -0.3 is 4.57 Å².